The van der Waals surface area contributed by atoms with Crippen molar-refractivity contribution in [3.63, 3.8) is 0 Å². The minimum Gasteiger partial charge on any atom is -0.354 e. The zero-order valence-electron chi connectivity index (χ0n) is 56.6. The molecule has 22 aromatic rings. The molecule has 0 radical (unpaired) electrons. The first-order chi connectivity index (χ1) is 52.0. The number of halogens is 1. The van der Waals surface area contributed by atoms with Crippen molar-refractivity contribution in [3.8, 4) is 84.2 Å². The van der Waals surface area contributed by atoms with E-state index in [0.29, 0.717) is 5.15 Å². The molecule has 0 spiro atoms. The van der Waals surface area contributed by atoms with Crippen molar-refractivity contribution < 1.29 is 0 Å². The van der Waals surface area contributed by atoms with Crippen LogP contribution in [0, 0.1) is 0 Å². The van der Waals surface area contributed by atoms with Crippen LogP contribution in [0.4, 0.5) is 0 Å². The SMILES string of the molecule is Clc1ccc2c(n1)-c1cccc3cccc-2c13.c1ccc(-n2c3ccccc3c3cc(-c4ccc5[nH]c6cc7ccccc7cc6c5c4)ccc32)cc1.c1ccc(-n2c3ccccc3c3cc(-c4ccc5c(c4)c4cc6ccccc6cc4n5-c4ccc5c(n4)-c4cccc6cccc-5c46)ccc32)cc1. The summed E-state index contributed by atoms with van der Waals surface area (Å²) >= 11 is 5.99. The van der Waals surface area contributed by atoms with E-state index in [4.69, 9.17) is 16.6 Å². The summed E-state index contributed by atoms with van der Waals surface area (Å²) in [5.74, 6) is 0.932. The Hall–Kier alpha value is -13.7. The number of fused-ring (bicyclic) bond motifs is 20. The predicted octanol–water partition coefficient (Wildman–Crippen LogP) is 26.7. The zero-order valence-corrected chi connectivity index (χ0v) is 57.4. The number of nitrogens with one attached hydrogen (secondary N) is 1. The topological polar surface area (TPSA) is 56.4 Å². The molecule has 488 valence electrons. The van der Waals surface area contributed by atoms with Crippen molar-refractivity contribution in [3.05, 3.63) is 357 Å². The van der Waals surface area contributed by atoms with E-state index in [-0.39, 0.29) is 0 Å². The second-order valence-corrected chi connectivity index (χ2v) is 28.2. The summed E-state index contributed by atoms with van der Waals surface area (Å²) in [6, 6.07) is 127. The van der Waals surface area contributed by atoms with Gasteiger partial charge in [-0.25, -0.2) is 9.97 Å². The van der Waals surface area contributed by atoms with Gasteiger partial charge in [0.05, 0.1) is 44.5 Å². The van der Waals surface area contributed by atoms with E-state index in [2.05, 4.69) is 369 Å². The third-order valence-electron chi connectivity index (χ3n) is 22.0. The van der Waals surface area contributed by atoms with Crippen LogP contribution in [-0.2, 0) is 0 Å². The van der Waals surface area contributed by atoms with Crippen molar-refractivity contribution in [2.45, 2.75) is 0 Å². The maximum absolute atomic E-state index is 5.99. The van der Waals surface area contributed by atoms with Gasteiger partial charge < -0.3 is 14.1 Å². The Morgan fingerprint density at radius 1 is 0.229 bits per heavy atom. The fraction of sp³-hybridized carbons (Fsp3) is 0. The minimum absolute atomic E-state index is 0.550. The van der Waals surface area contributed by atoms with Gasteiger partial charge >= 0.3 is 0 Å². The molecule has 0 amide bonds. The van der Waals surface area contributed by atoms with E-state index in [1.807, 2.05) is 6.07 Å². The Balaban J connectivity index is 0.000000112. The fourth-order valence-corrected chi connectivity index (χ4v) is 17.4. The molecule has 0 bridgehead atoms. The van der Waals surface area contributed by atoms with Crippen LogP contribution in [0.25, 0.3) is 215 Å². The van der Waals surface area contributed by atoms with E-state index >= 15 is 0 Å². The molecular formula is C98H59ClN6. The van der Waals surface area contributed by atoms with Crippen molar-refractivity contribution in [1.82, 2.24) is 28.7 Å². The van der Waals surface area contributed by atoms with E-state index in [1.165, 1.54) is 186 Å². The Morgan fingerprint density at radius 2 is 0.619 bits per heavy atom. The summed E-state index contributed by atoms with van der Waals surface area (Å²) in [5, 5.41) is 20.7. The predicted molar refractivity (Wildman–Crippen MR) is 442 cm³/mol. The molecule has 105 heavy (non-hydrogen) atoms. The van der Waals surface area contributed by atoms with Gasteiger partial charge in [0.1, 0.15) is 11.0 Å². The number of nitrogens with zero attached hydrogens (tertiary/aromatic N) is 5. The molecular weight excluding hydrogens is 1300 g/mol. The molecule has 7 heteroatoms. The molecule has 16 aromatic carbocycles. The summed E-state index contributed by atoms with van der Waals surface area (Å²) in [7, 11) is 0. The molecule has 24 rings (SSSR count). The number of rotatable bonds is 5. The molecule has 0 unspecified atom stereocenters. The quantitative estimate of drug-likeness (QED) is 0.175. The van der Waals surface area contributed by atoms with Gasteiger partial charge in [0.15, 0.2) is 0 Å². The highest BCUT2D eigenvalue weighted by molar-refractivity contribution is 6.30. The lowest BCUT2D eigenvalue weighted by atomic mass is 10.00. The molecule has 0 aliphatic heterocycles. The maximum atomic E-state index is 5.99. The van der Waals surface area contributed by atoms with Gasteiger partial charge in [-0.15, -0.1) is 0 Å². The fourth-order valence-electron chi connectivity index (χ4n) is 17.3. The normalized spacial score (nSPS) is 12.0. The molecule has 6 aromatic heterocycles. The monoisotopic (exact) mass is 1350 g/mol. The van der Waals surface area contributed by atoms with Gasteiger partial charge in [-0.05, 0) is 210 Å². The lowest BCUT2D eigenvalue weighted by Gasteiger charge is -2.11. The number of H-pyrrole nitrogens is 1. The summed E-state index contributed by atoms with van der Waals surface area (Å²) in [4.78, 5) is 13.5. The molecule has 6 heterocycles. The van der Waals surface area contributed by atoms with Crippen LogP contribution in [0.3, 0.4) is 0 Å². The van der Waals surface area contributed by atoms with Gasteiger partial charge in [0, 0.05) is 87.8 Å². The number of para-hydroxylation sites is 4. The average molecular weight is 1360 g/mol. The highest BCUT2D eigenvalue weighted by atomic mass is 35.5. The van der Waals surface area contributed by atoms with Gasteiger partial charge in [-0.3, -0.25) is 4.57 Å². The molecule has 2 aliphatic carbocycles. The summed E-state index contributed by atoms with van der Waals surface area (Å²) in [5.41, 5.74) is 26.1. The maximum Gasteiger partial charge on any atom is 0.138 e. The van der Waals surface area contributed by atoms with E-state index in [9.17, 15) is 0 Å². The Kier molecular flexibility index (Phi) is 13.0. The zero-order chi connectivity index (χ0) is 69.0. The second-order valence-electron chi connectivity index (χ2n) is 27.8. The lowest BCUT2D eigenvalue weighted by Crippen LogP contribution is -1.99. The Labute approximate surface area is 607 Å². The van der Waals surface area contributed by atoms with E-state index < -0.39 is 0 Å². The van der Waals surface area contributed by atoms with Gasteiger partial charge in [0.25, 0.3) is 0 Å². The molecule has 0 saturated heterocycles. The lowest BCUT2D eigenvalue weighted by molar-refractivity contribution is 1.09. The second kappa shape index (κ2) is 23.2. The standard InChI is InChI=1S/C49H29N3.C34H22N2.C15H8ClN/c1-2-14-35(15-3-1)51-43-19-7-6-16-36(43)40-27-33(20-23-44(40)51)34-21-24-45-41(28-34)42-26-31-10-4-5-11-32(31)29-46(42)52(45)47-25-22-38-37-17-8-12-30-13-9-18-39(48(30)37)49(38)50-47;1-2-10-26(11-3-1)36-33-13-7-6-12-27(33)30-20-25(15-17-34(30)36)24-14-16-31-28(19-24)29-18-22-8-4-5-9-23(22)21-32(29)35-31;16-13-8-7-11-10-5-1-3-9-4-2-6-12(14(9)10)15(11)17-13/h1-29H;1-21,35H;1-8H. The first-order valence-corrected chi connectivity index (χ1v) is 36.2. The van der Waals surface area contributed by atoms with Crippen molar-refractivity contribution in [2.75, 3.05) is 0 Å². The number of benzene rings is 16. The number of hydrogen-bond donors (Lipinski definition) is 1. The summed E-state index contributed by atoms with van der Waals surface area (Å²) in [6.07, 6.45) is 0. The first-order valence-electron chi connectivity index (χ1n) is 35.8. The van der Waals surface area contributed by atoms with Crippen LogP contribution in [-0.4, -0.2) is 28.7 Å². The molecule has 0 atom stereocenters. The Bertz CT molecular complexity index is 7410. The minimum atomic E-state index is 0.550. The van der Waals surface area contributed by atoms with Crippen molar-refractivity contribution in [2.24, 2.45) is 0 Å². The molecule has 1 N–H and O–H groups in total. The first kappa shape index (κ1) is 59.1. The van der Waals surface area contributed by atoms with Crippen LogP contribution in [0.5, 0.6) is 0 Å². The number of pyridine rings is 2. The number of aromatic amines is 1. The van der Waals surface area contributed by atoms with Gasteiger partial charge in [0.2, 0.25) is 0 Å². The molecule has 2 aliphatic rings. The largest absolute Gasteiger partial charge is 0.354 e. The van der Waals surface area contributed by atoms with Gasteiger partial charge in [-0.1, -0.05) is 230 Å². The van der Waals surface area contributed by atoms with E-state index in [1.54, 1.807) is 0 Å². The van der Waals surface area contributed by atoms with Crippen LogP contribution in [0.15, 0.2) is 352 Å². The summed E-state index contributed by atoms with van der Waals surface area (Å²) in [6.45, 7) is 0. The summed E-state index contributed by atoms with van der Waals surface area (Å²) < 4.78 is 7.10. The van der Waals surface area contributed by atoms with Crippen LogP contribution >= 0.6 is 11.6 Å². The highest BCUT2D eigenvalue weighted by Gasteiger charge is 2.26. The van der Waals surface area contributed by atoms with Gasteiger partial charge in [-0.2, -0.15) is 0 Å². The Morgan fingerprint density at radius 3 is 1.17 bits per heavy atom. The smallest absolute Gasteiger partial charge is 0.138 e. The van der Waals surface area contributed by atoms with Crippen molar-refractivity contribution >= 4 is 142 Å². The van der Waals surface area contributed by atoms with E-state index in [0.717, 1.165) is 28.2 Å². The average Bonchev–Trinajstić information content (AvgIpc) is 1.58. The van der Waals surface area contributed by atoms with Crippen LogP contribution < -0.4 is 0 Å². The molecule has 0 saturated carbocycles. The third kappa shape index (κ3) is 9.23. The van der Waals surface area contributed by atoms with Crippen LogP contribution in [0.1, 0.15) is 0 Å². The third-order valence-corrected chi connectivity index (χ3v) is 22.2. The number of hydrogen-bond acceptors (Lipinski definition) is 2. The molecule has 6 nitrogen and oxygen atoms in total. The number of aromatic nitrogens is 6. The highest BCUT2D eigenvalue weighted by Crippen LogP contribution is 2.49. The molecule has 0 fully saturated rings. The van der Waals surface area contributed by atoms with Crippen LogP contribution in [0.2, 0.25) is 5.15 Å². The van der Waals surface area contributed by atoms with Crippen molar-refractivity contribution in [1.29, 1.82) is 0 Å².